The molecule has 2 aromatic rings. The molecule has 0 saturated heterocycles. The maximum Gasteiger partial charge on any atom is 0.240 e. The van der Waals surface area contributed by atoms with Crippen LogP contribution in [0.25, 0.3) is 0 Å². The summed E-state index contributed by atoms with van der Waals surface area (Å²) in [6.45, 7) is 5.31. The smallest absolute Gasteiger partial charge is 0.240 e. The van der Waals surface area contributed by atoms with E-state index < -0.39 is 15.8 Å². The van der Waals surface area contributed by atoms with Crippen molar-refractivity contribution >= 4 is 21.6 Å². The van der Waals surface area contributed by atoms with Crippen molar-refractivity contribution in [3.8, 4) is 5.75 Å². The van der Waals surface area contributed by atoms with Crippen LogP contribution in [0.15, 0.2) is 47.4 Å². The predicted octanol–water partition coefficient (Wildman–Crippen LogP) is 2.86. The minimum atomic E-state index is -3.81. The topological polar surface area (TPSA) is 75.7 Å². The number of nitrogens with one attached hydrogen (secondary N) is 1. The van der Waals surface area contributed by atoms with E-state index in [1.807, 2.05) is 6.92 Å². The second kappa shape index (κ2) is 8.96. The number of ether oxygens (including phenoxy) is 1. The van der Waals surface area contributed by atoms with Crippen LogP contribution in [-0.4, -0.2) is 34.0 Å². The van der Waals surface area contributed by atoms with Gasteiger partial charge in [-0.05, 0) is 49.7 Å². The van der Waals surface area contributed by atoms with Crippen molar-refractivity contribution in [3.63, 3.8) is 0 Å². The Kier molecular flexibility index (Phi) is 6.92. The maximum atomic E-state index is 13.4. The molecule has 0 bridgehead atoms. The van der Waals surface area contributed by atoms with Gasteiger partial charge in [0.05, 0.1) is 17.2 Å². The first-order chi connectivity index (χ1) is 12.8. The van der Waals surface area contributed by atoms with Crippen LogP contribution in [0.1, 0.15) is 19.4 Å². The normalized spacial score (nSPS) is 11.3. The number of para-hydroxylation sites is 2. The molecule has 0 aliphatic heterocycles. The second-order valence-corrected chi connectivity index (χ2v) is 7.65. The Morgan fingerprint density at radius 2 is 1.93 bits per heavy atom. The van der Waals surface area contributed by atoms with Crippen LogP contribution in [-0.2, 0) is 14.8 Å². The summed E-state index contributed by atoms with van der Waals surface area (Å²) in [5, 5.41) is 0. The van der Waals surface area contributed by atoms with Crippen molar-refractivity contribution in [1.82, 2.24) is 4.72 Å². The molecule has 1 amide bonds. The molecule has 0 radical (unpaired) electrons. The van der Waals surface area contributed by atoms with Gasteiger partial charge in [-0.15, -0.1) is 0 Å². The van der Waals surface area contributed by atoms with Gasteiger partial charge >= 0.3 is 0 Å². The van der Waals surface area contributed by atoms with Gasteiger partial charge in [0.25, 0.3) is 0 Å². The summed E-state index contributed by atoms with van der Waals surface area (Å²) in [7, 11) is -3.81. The summed E-state index contributed by atoms with van der Waals surface area (Å²) in [5.74, 6) is -0.157. The van der Waals surface area contributed by atoms with Crippen LogP contribution in [0.5, 0.6) is 5.75 Å². The van der Waals surface area contributed by atoms with E-state index in [0.29, 0.717) is 18.0 Å². The fourth-order valence-electron chi connectivity index (χ4n) is 2.56. The Morgan fingerprint density at radius 3 is 2.56 bits per heavy atom. The SMILES string of the molecule is CCOc1ccccc1N(CCNS(=O)(=O)c1ccc(F)c(C)c1)C(C)=O. The van der Waals surface area contributed by atoms with Gasteiger partial charge in [0.1, 0.15) is 11.6 Å². The number of hydrogen-bond acceptors (Lipinski definition) is 4. The third kappa shape index (κ3) is 5.27. The van der Waals surface area contributed by atoms with Crippen LogP contribution in [0.3, 0.4) is 0 Å². The number of rotatable bonds is 8. The van der Waals surface area contributed by atoms with Gasteiger partial charge in [-0.1, -0.05) is 12.1 Å². The van der Waals surface area contributed by atoms with E-state index in [0.717, 1.165) is 6.07 Å². The zero-order valence-electron chi connectivity index (χ0n) is 15.5. The summed E-state index contributed by atoms with van der Waals surface area (Å²) in [6, 6.07) is 10.7. The largest absolute Gasteiger partial charge is 0.492 e. The first kappa shape index (κ1) is 20.9. The number of carbonyl (C=O) groups is 1. The Balaban J connectivity index is 2.13. The molecule has 0 atom stereocenters. The number of benzene rings is 2. The lowest BCUT2D eigenvalue weighted by Gasteiger charge is -2.23. The van der Waals surface area contributed by atoms with Gasteiger partial charge in [0.2, 0.25) is 15.9 Å². The quantitative estimate of drug-likeness (QED) is 0.747. The zero-order chi connectivity index (χ0) is 20.0. The number of halogens is 1. The van der Waals surface area contributed by atoms with Crippen LogP contribution >= 0.6 is 0 Å². The van der Waals surface area contributed by atoms with E-state index in [1.165, 1.54) is 30.9 Å². The molecule has 8 heteroatoms. The Hall–Kier alpha value is -2.45. The van der Waals surface area contributed by atoms with Gasteiger partial charge in [0.15, 0.2) is 0 Å². The summed E-state index contributed by atoms with van der Waals surface area (Å²) in [4.78, 5) is 13.5. The maximum absolute atomic E-state index is 13.4. The van der Waals surface area contributed by atoms with Crippen molar-refractivity contribution in [2.45, 2.75) is 25.7 Å². The lowest BCUT2D eigenvalue weighted by atomic mass is 10.2. The molecular weight excluding hydrogens is 371 g/mol. The highest BCUT2D eigenvalue weighted by molar-refractivity contribution is 7.89. The Morgan fingerprint density at radius 1 is 1.22 bits per heavy atom. The van der Waals surface area contributed by atoms with E-state index >= 15 is 0 Å². The lowest BCUT2D eigenvalue weighted by molar-refractivity contribution is -0.116. The number of carbonyl (C=O) groups excluding carboxylic acids is 1. The molecule has 0 heterocycles. The molecule has 0 aliphatic rings. The van der Waals surface area contributed by atoms with Gasteiger partial charge in [-0.25, -0.2) is 17.5 Å². The molecule has 0 unspecified atom stereocenters. The molecule has 6 nitrogen and oxygen atoms in total. The molecule has 27 heavy (non-hydrogen) atoms. The number of amides is 1. The average Bonchev–Trinajstić information content (AvgIpc) is 2.62. The molecule has 0 spiro atoms. The summed E-state index contributed by atoms with van der Waals surface area (Å²) >= 11 is 0. The molecule has 2 aromatic carbocycles. The molecule has 0 aliphatic carbocycles. The highest BCUT2D eigenvalue weighted by Gasteiger charge is 2.19. The van der Waals surface area contributed by atoms with Crippen LogP contribution in [0.2, 0.25) is 0 Å². The fraction of sp³-hybridized carbons (Fsp3) is 0.316. The van der Waals surface area contributed by atoms with Crippen molar-refractivity contribution < 1.29 is 22.3 Å². The molecule has 2 rings (SSSR count). The Labute approximate surface area is 159 Å². The minimum absolute atomic E-state index is 0.00119. The Bertz CT molecular complexity index is 916. The third-order valence-electron chi connectivity index (χ3n) is 3.90. The van der Waals surface area contributed by atoms with E-state index in [9.17, 15) is 17.6 Å². The van der Waals surface area contributed by atoms with E-state index in [2.05, 4.69) is 4.72 Å². The molecule has 1 N–H and O–H groups in total. The summed E-state index contributed by atoms with van der Waals surface area (Å²) in [5.41, 5.74) is 0.817. The molecule has 0 fully saturated rings. The molecular formula is C19H23FN2O4S. The minimum Gasteiger partial charge on any atom is -0.492 e. The van der Waals surface area contributed by atoms with Gasteiger partial charge < -0.3 is 9.64 Å². The van der Waals surface area contributed by atoms with Gasteiger partial charge in [0, 0.05) is 20.0 Å². The van der Waals surface area contributed by atoms with Crippen molar-refractivity contribution in [2.75, 3.05) is 24.6 Å². The molecule has 146 valence electrons. The second-order valence-electron chi connectivity index (χ2n) is 5.88. The van der Waals surface area contributed by atoms with Crippen molar-refractivity contribution in [1.29, 1.82) is 0 Å². The lowest BCUT2D eigenvalue weighted by Crippen LogP contribution is -2.37. The number of aryl methyl sites for hydroxylation is 1. The molecule has 0 saturated carbocycles. The van der Waals surface area contributed by atoms with E-state index in [1.54, 1.807) is 24.3 Å². The number of anilines is 1. The van der Waals surface area contributed by atoms with Gasteiger partial charge in [-0.2, -0.15) is 0 Å². The number of sulfonamides is 1. The van der Waals surface area contributed by atoms with Crippen LogP contribution < -0.4 is 14.4 Å². The standard InChI is InChI=1S/C19H23FN2O4S/c1-4-26-19-8-6-5-7-18(19)22(15(3)23)12-11-21-27(24,25)16-9-10-17(20)14(2)13-16/h5-10,13,21H,4,11-12H2,1-3H3. The highest BCUT2D eigenvalue weighted by Crippen LogP contribution is 2.28. The first-order valence-electron chi connectivity index (χ1n) is 8.52. The van der Waals surface area contributed by atoms with E-state index in [-0.39, 0.29) is 29.5 Å². The van der Waals surface area contributed by atoms with E-state index in [4.69, 9.17) is 4.74 Å². The predicted molar refractivity (Wildman–Crippen MR) is 102 cm³/mol. The number of nitrogens with zero attached hydrogens (tertiary/aromatic N) is 1. The van der Waals surface area contributed by atoms with Crippen LogP contribution in [0.4, 0.5) is 10.1 Å². The first-order valence-corrected chi connectivity index (χ1v) is 10.0. The third-order valence-corrected chi connectivity index (χ3v) is 5.36. The van der Waals surface area contributed by atoms with Crippen LogP contribution in [0, 0.1) is 12.7 Å². The fourth-order valence-corrected chi connectivity index (χ4v) is 3.67. The van der Waals surface area contributed by atoms with Gasteiger partial charge in [-0.3, -0.25) is 4.79 Å². The van der Waals surface area contributed by atoms with Crippen molar-refractivity contribution in [2.24, 2.45) is 0 Å². The van der Waals surface area contributed by atoms with Crippen molar-refractivity contribution in [3.05, 3.63) is 53.8 Å². The zero-order valence-corrected chi connectivity index (χ0v) is 16.3. The average molecular weight is 394 g/mol. The number of hydrogen-bond donors (Lipinski definition) is 1. The monoisotopic (exact) mass is 394 g/mol. The molecule has 0 aromatic heterocycles. The summed E-state index contributed by atoms with van der Waals surface area (Å²) < 4.78 is 46.1. The summed E-state index contributed by atoms with van der Waals surface area (Å²) in [6.07, 6.45) is 0. The highest BCUT2D eigenvalue weighted by atomic mass is 32.2.